The van der Waals surface area contributed by atoms with Crippen LogP contribution in [0.2, 0.25) is 5.02 Å². The number of carbonyl (C=O) groups is 2. The zero-order chi connectivity index (χ0) is 26.5. The number of aromatic amines is 1. The lowest BCUT2D eigenvalue weighted by Gasteiger charge is -2.39. The Labute approximate surface area is 224 Å². The number of hydrogen-bond acceptors (Lipinski definition) is 7. The molecule has 0 aliphatic carbocycles. The van der Waals surface area contributed by atoms with Crippen molar-refractivity contribution in [1.29, 1.82) is 0 Å². The monoisotopic (exact) mass is 564 g/mol. The van der Waals surface area contributed by atoms with Crippen LogP contribution in [0.4, 0.5) is 0 Å². The molecule has 0 bridgehead atoms. The quantitative estimate of drug-likeness (QED) is 0.491. The highest BCUT2D eigenvalue weighted by Gasteiger charge is 2.41. The summed E-state index contributed by atoms with van der Waals surface area (Å²) in [4.78, 5) is 38.8. The molecular formula is C24H29ClN6O4S2. The minimum atomic E-state index is -3.94. The fourth-order valence-electron chi connectivity index (χ4n) is 4.84. The van der Waals surface area contributed by atoms with E-state index in [9.17, 15) is 18.0 Å². The smallest absolute Gasteiger partial charge is 0.283 e. The number of thiazole rings is 1. The molecule has 2 aromatic heterocycles. The van der Waals surface area contributed by atoms with E-state index in [4.69, 9.17) is 11.6 Å². The molecule has 37 heavy (non-hydrogen) atoms. The fourth-order valence-corrected chi connectivity index (χ4v) is 7.49. The number of likely N-dealkylation sites (N-methyl/N-ethyl adjacent to an activating group) is 1. The summed E-state index contributed by atoms with van der Waals surface area (Å²) in [6.45, 7) is 5.85. The molecule has 13 heteroatoms. The van der Waals surface area contributed by atoms with E-state index in [0.29, 0.717) is 33.5 Å². The van der Waals surface area contributed by atoms with Gasteiger partial charge >= 0.3 is 0 Å². The normalized spacial score (nSPS) is 19.4. The van der Waals surface area contributed by atoms with Crippen LogP contribution >= 0.6 is 22.9 Å². The van der Waals surface area contributed by atoms with Crippen LogP contribution in [0.1, 0.15) is 34.2 Å². The Morgan fingerprint density at radius 3 is 2.73 bits per heavy atom. The van der Waals surface area contributed by atoms with Crippen molar-refractivity contribution >= 4 is 55.7 Å². The van der Waals surface area contributed by atoms with E-state index in [-0.39, 0.29) is 30.6 Å². The largest absolute Gasteiger partial charge is 0.357 e. The molecule has 5 rings (SSSR count). The Hall–Kier alpha value is -2.51. The summed E-state index contributed by atoms with van der Waals surface area (Å²) in [5, 5.41) is 4.11. The van der Waals surface area contributed by atoms with Gasteiger partial charge in [0, 0.05) is 66.6 Å². The van der Waals surface area contributed by atoms with E-state index in [2.05, 4.69) is 34.0 Å². The lowest BCUT2D eigenvalue weighted by Crippen LogP contribution is -2.61. The number of H-pyrrole nitrogens is 1. The summed E-state index contributed by atoms with van der Waals surface area (Å²) in [5.74, 6) is -0.773. The van der Waals surface area contributed by atoms with E-state index in [1.165, 1.54) is 33.7 Å². The maximum atomic E-state index is 13.5. The van der Waals surface area contributed by atoms with Crippen LogP contribution in [-0.4, -0.2) is 89.6 Å². The number of nitrogens with one attached hydrogen (secondary N) is 2. The van der Waals surface area contributed by atoms with Gasteiger partial charge in [-0.1, -0.05) is 11.6 Å². The predicted octanol–water partition coefficient (Wildman–Crippen LogP) is 2.31. The van der Waals surface area contributed by atoms with Gasteiger partial charge in [0.25, 0.3) is 15.9 Å². The Morgan fingerprint density at radius 2 is 2.00 bits per heavy atom. The molecule has 1 saturated heterocycles. The molecule has 1 fully saturated rings. The highest BCUT2D eigenvalue weighted by molar-refractivity contribution is 7.89. The van der Waals surface area contributed by atoms with Crippen LogP contribution < -0.4 is 5.32 Å². The Morgan fingerprint density at radius 1 is 1.22 bits per heavy atom. The summed E-state index contributed by atoms with van der Waals surface area (Å²) >= 11 is 7.42. The van der Waals surface area contributed by atoms with Crippen molar-refractivity contribution in [3.8, 4) is 0 Å². The first-order valence-electron chi connectivity index (χ1n) is 12.1. The number of amides is 2. The molecule has 0 spiro atoms. The lowest BCUT2D eigenvalue weighted by atomic mass is 10.1. The number of halogens is 1. The number of fused-ring (bicyclic) bond motifs is 2. The van der Waals surface area contributed by atoms with Crippen molar-refractivity contribution in [2.75, 3.05) is 33.2 Å². The average molecular weight is 565 g/mol. The van der Waals surface area contributed by atoms with Gasteiger partial charge in [-0.3, -0.25) is 14.5 Å². The van der Waals surface area contributed by atoms with Gasteiger partial charge in [-0.15, -0.1) is 11.3 Å². The highest BCUT2D eigenvalue weighted by atomic mass is 35.5. The molecule has 1 unspecified atom stereocenters. The molecule has 2 aliphatic rings. The van der Waals surface area contributed by atoms with Crippen molar-refractivity contribution in [1.82, 2.24) is 29.4 Å². The van der Waals surface area contributed by atoms with Gasteiger partial charge in [0.05, 0.1) is 5.69 Å². The van der Waals surface area contributed by atoms with E-state index in [0.717, 1.165) is 23.5 Å². The summed E-state index contributed by atoms with van der Waals surface area (Å²) < 4.78 is 28.2. The maximum absolute atomic E-state index is 13.5. The topological polar surface area (TPSA) is 119 Å². The molecule has 0 saturated carbocycles. The first-order valence-corrected chi connectivity index (χ1v) is 14.8. The van der Waals surface area contributed by atoms with Gasteiger partial charge in [-0.25, -0.2) is 13.4 Å². The van der Waals surface area contributed by atoms with E-state index in [1.807, 2.05) is 0 Å². The molecular weight excluding hydrogens is 536 g/mol. The second-order valence-electron chi connectivity index (χ2n) is 9.56. The number of benzene rings is 1. The van der Waals surface area contributed by atoms with Crippen LogP contribution in [0.25, 0.3) is 10.9 Å². The van der Waals surface area contributed by atoms with Crippen LogP contribution in [0.15, 0.2) is 29.3 Å². The summed E-state index contributed by atoms with van der Waals surface area (Å²) in [6.07, 6.45) is 0.832. The van der Waals surface area contributed by atoms with E-state index >= 15 is 0 Å². The van der Waals surface area contributed by atoms with Crippen LogP contribution in [0.3, 0.4) is 0 Å². The average Bonchev–Trinajstić information content (AvgIpc) is 3.51. The van der Waals surface area contributed by atoms with Gasteiger partial charge in [0.1, 0.15) is 11.1 Å². The van der Waals surface area contributed by atoms with Crippen molar-refractivity contribution in [3.05, 3.63) is 44.9 Å². The zero-order valence-corrected chi connectivity index (χ0v) is 23.2. The standard InChI is InChI=1S/C24H29ClN6O4S2/c1-14(2)29-7-6-20-18(12-29)28-23(36-20)24(33)31-9-8-30(13-19(31)22(32)26-3)37(34,35)21-11-15-10-16(25)4-5-17(15)27-21/h4-5,10-11,14,19,27H,6-9,12-13H2,1-3H3,(H,26,32). The van der Waals surface area contributed by atoms with Gasteiger partial charge < -0.3 is 15.2 Å². The van der Waals surface area contributed by atoms with Crippen LogP contribution in [-0.2, 0) is 27.8 Å². The molecule has 10 nitrogen and oxygen atoms in total. The summed E-state index contributed by atoms with van der Waals surface area (Å²) in [6, 6.07) is 6.02. The van der Waals surface area contributed by atoms with Crippen molar-refractivity contribution < 1.29 is 18.0 Å². The van der Waals surface area contributed by atoms with Crippen molar-refractivity contribution in [2.45, 2.75) is 43.9 Å². The molecule has 2 aliphatic heterocycles. The number of aromatic nitrogens is 2. The minimum absolute atomic E-state index is 0.0162. The molecule has 2 N–H and O–H groups in total. The first kappa shape index (κ1) is 26.1. The molecule has 1 atom stereocenters. The van der Waals surface area contributed by atoms with Gasteiger partial charge in [0.15, 0.2) is 5.01 Å². The third-order valence-electron chi connectivity index (χ3n) is 7.00. The van der Waals surface area contributed by atoms with Crippen LogP contribution in [0, 0.1) is 0 Å². The number of nitrogens with zero attached hydrogens (tertiary/aromatic N) is 4. The van der Waals surface area contributed by atoms with Gasteiger partial charge in [-0.2, -0.15) is 4.31 Å². The number of carbonyl (C=O) groups excluding carboxylic acids is 2. The molecule has 3 aromatic rings. The predicted molar refractivity (Wildman–Crippen MR) is 142 cm³/mol. The van der Waals surface area contributed by atoms with E-state index < -0.39 is 22.0 Å². The molecule has 198 valence electrons. The minimum Gasteiger partial charge on any atom is -0.357 e. The summed E-state index contributed by atoms with van der Waals surface area (Å²) in [7, 11) is -2.47. The molecule has 1 aromatic carbocycles. The van der Waals surface area contributed by atoms with Crippen molar-refractivity contribution in [3.63, 3.8) is 0 Å². The lowest BCUT2D eigenvalue weighted by molar-refractivity contribution is -0.126. The fraction of sp³-hybridized carbons (Fsp3) is 0.458. The molecule has 4 heterocycles. The van der Waals surface area contributed by atoms with Gasteiger partial charge in [0.2, 0.25) is 5.91 Å². The zero-order valence-electron chi connectivity index (χ0n) is 20.8. The van der Waals surface area contributed by atoms with Crippen LogP contribution in [0.5, 0.6) is 0 Å². The molecule has 0 radical (unpaired) electrons. The maximum Gasteiger partial charge on any atom is 0.283 e. The third-order valence-corrected chi connectivity index (χ3v) is 10.2. The highest BCUT2D eigenvalue weighted by Crippen LogP contribution is 2.29. The molecule has 2 amide bonds. The Balaban J connectivity index is 1.38. The van der Waals surface area contributed by atoms with Gasteiger partial charge in [-0.05, 0) is 44.5 Å². The SMILES string of the molecule is CNC(=O)C1CN(S(=O)(=O)c2cc3cc(Cl)ccc3[nH]2)CCN1C(=O)c1nc2c(s1)CCN(C(C)C)C2. The Bertz CT molecular complexity index is 1470. The second kappa shape index (κ2) is 9.99. The third kappa shape index (κ3) is 4.88. The van der Waals surface area contributed by atoms with Crippen molar-refractivity contribution in [2.24, 2.45) is 0 Å². The Kier molecular flexibility index (Phi) is 7.05. The number of rotatable bonds is 5. The number of hydrogen-bond donors (Lipinski definition) is 2. The second-order valence-corrected chi connectivity index (χ2v) is 13.0. The number of piperazine rings is 1. The van der Waals surface area contributed by atoms with E-state index in [1.54, 1.807) is 18.2 Å². The first-order chi connectivity index (χ1) is 17.6. The summed E-state index contributed by atoms with van der Waals surface area (Å²) in [5.41, 5.74) is 1.55. The number of sulfonamides is 1.